The number of carbonyl (C=O) groups excluding carboxylic acids is 1. The lowest BCUT2D eigenvalue weighted by atomic mass is 9.95. The number of thiazole rings is 1. The molecule has 0 aliphatic carbocycles. The number of rotatable bonds is 6. The maximum atomic E-state index is 14.1. The lowest BCUT2D eigenvalue weighted by molar-refractivity contribution is -0.143. The van der Waals surface area contributed by atoms with E-state index in [4.69, 9.17) is 14.5 Å². The molecule has 0 saturated heterocycles. The van der Waals surface area contributed by atoms with Crippen molar-refractivity contribution >= 4 is 34.7 Å². The van der Waals surface area contributed by atoms with E-state index in [0.717, 1.165) is 38.0 Å². The summed E-state index contributed by atoms with van der Waals surface area (Å²) in [4.78, 5) is 33.8. The smallest absolute Gasteiger partial charge is 0.338 e. The van der Waals surface area contributed by atoms with E-state index in [2.05, 4.69) is 10.6 Å². The zero-order valence-corrected chi connectivity index (χ0v) is 26.5. The van der Waals surface area contributed by atoms with Gasteiger partial charge in [-0.2, -0.15) is 5.26 Å². The van der Waals surface area contributed by atoms with Crippen molar-refractivity contribution in [2.45, 2.75) is 60.6 Å². The molecule has 0 unspecified atom stereocenters. The third-order valence-corrected chi connectivity index (χ3v) is 9.61. The fraction of sp³-hybridized carbons (Fsp3) is 0.312. The minimum atomic E-state index is -0.729. The highest BCUT2D eigenvalue weighted by Crippen LogP contribution is 2.34. The number of fused-ring (bicyclic) bond motifs is 1. The minimum Gasteiger partial charge on any atom is -0.497 e. The zero-order chi connectivity index (χ0) is 30.5. The Morgan fingerprint density at radius 3 is 2.55 bits per heavy atom. The van der Waals surface area contributed by atoms with Crippen LogP contribution >= 0.6 is 22.7 Å². The van der Waals surface area contributed by atoms with Gasteiger partial charge in [-0.15, -0.1) is 11.3 Å². The number of nitriles is 1. The third kappa shape index (κ3) is 4.93. The van der Waals surface area contributed by atoms with Gasteiger partial charge in [0.15, 0.2) is 4.80 Å². The Balaban J connectivity index is 1.71. The molecular weight excluding hydrogens is 569 g/mol. The van der Waals surface area contributed by atoms with Gasteiger partial charge < -0.3 is 14.0 Å². The number of allylic oxidation sites excluding steroid dienone is 1. The van der Waals surface area contributed by atoms with Gasteiger partial charge >= 0.3 is 5.97 Å². The van der Waals surface area contributed by atoms with Crippen molar-refractivity contribution in [1.82, 2.24) is 9.13 Å². The summed E-state index contributed by atoms with van der Waals surface area (Å²) >= 11 is 2.87. The summed E-state index contributed by atoms with van der Waals surface area (Å²) < 4.78 is 15.2. The molecule has 4 heterocycles. The average molecular weight is 601 g/mol. The Bertz CT molecular complexity index is 2000. The molecule has 4 aromatic rings. The molecule has 42 heavy (non-hydrogen) atoms. The van der Waals surface area contributed by atoms with E-state index >= 15 is 0 Å². The maximum Gasteiger partial charge on any atom is 0.338 e. The number of thiophene rings is 1. The number of benzene rings is 1. The summed E-state index contributed by atoms with van der Waals surface area (Å²) in [6, 6.07) is 11.0. The molecule has 0 spiro atoms. The summed E-state index contributed by atoms with van der Waals surface area (Å²) in [5, 5.41) is 10.7. The second-order valence-electron chi connectivity index (χ2n) is 10.5. The molecule has 0 saturated carbocycles. The number of methoxy groups -OCH3 is 1. The van der Waals surface area contributed by atoms with E-state index in [1.165, 1.54) is 11.3 Å². The van der Waals surface area contributed by atoms with Crippen LogP contribution in [0.1, 0.15) is 65.3 Å². The molecule has 0 N–H and O–H groups in total. The van der Waals surface area contributed by atoms with Gasteiger partial charge in [-0.05, 0) is 89.4 Å². The standard InChI is InChI=1S/C32H32N4O4S2/c1-16(2)40-31(38)27-19(5)34-32-36(28(27)22-10-9-11-24(13-22)39-8)29(37)26(42-32)14-23-12-17(3)35(20(23)6)30-25(15-33)18(4)21(7)41-30/h9-14,16,28H,1-8H3/b26-14-/t28-/m0/s1. The first-order valence-corrected chi connectivity index (χ1v) is 15.2. The lowest BCUT2D eigenvalue weighted by Crippen LogP contribution is -2.40. The molecule has 1 aromatic carbocycles. The van der Waals surface area contributed by atoms with Crippen LogP contribution in [-0.4, -0.2) is 28.3 Å². The molecule has 8 nitrogen and oxygen atoms in total. The van der Waals surface area contributed by atoms with Crippen LogP contribution in [0.5, 0.6) is 5.75 Å². The Morgan fingerprint density at radius 1 is 1.14 bits per heavy atom. The molecule has 0 bridgehead atoms. The van der Waals surface area contributed by atoms with Crippen molar-refractivity contribution in [3.05, 3.63) is 99.8 Å². The van der Waals surface area contributed by atoms with Gasteiger partial charge in [0.1, 0.15) is 16.8 Å². The quantitative estimate of drug-likeness (QED) is 0.285. The van der Waals surface area contributed by atoms with E-state index in [1.54, 1.807) is 43.8 Å². The number of hydrogen-bond acceptors (Lipinski definition) is 8. The molecule has 1 aliphatic heterocycles. The van der Waals surface area contributed by atoms with Crippen LogP contribution in [0.3, 0.4) is 0 Å². The highest BCUT2D eigenvalue weighted by molar-refractivity contribution is 7.15. The summed E-state index contributed by atoms with van der Waals surface area (Å²) in [5.74, 6) is 0.107. The van der Waals surface area contributed by atoms with Crippen molar-refractivity contribution in [1.29, 1.82) is 5.26 Å². The number of hydrogen-bond donors (Lipinski definition) is 0. The SMILES string of the molecule is COc1cccc([C@H]2C(C(=O)OC(C)C)=C(C)N=c3s/c(=C\c4cc(C)n(-c5sc(C)c(C)c5C#N)c4C)c(=O)n32)c1. The van der Waals surface area contributed by atoms with Gasteiger partial charge in [0, 0.05) is 16.3 Å². The van der Waals surface area contributed by atoms with Crippen LogP contribution < -0.4 is 19.6 Å². The fourth-order valence-electron chi connectivity index (χ4n) is 5.27. The van der Waals surface area contributed by atoms with Crippen LogP contribution in [0.2, 0.25) is 0 Å². The van der Waals surface area contributed by atoms with Gasteiger partial charge in [-0.3, -0.25) is 9.36 Å². The van der Waals surface area contributed by atoms with Gasteiger partial charge in [-0.1, -0.05) is 23.5 Å². The van der Waals surface area contributed by atoms with Gasteiger partial charge in [0.05, 0.1) is 40.6 Å². The van der Waals surface area contributed by atoms with Crippen LogP contribution in [0.15, 0.2) is 51.4 Å². The summed E-state index contributed by atoms with van der Waals surface area (Å²) in [6.07, 6.45) is 1.54. The molecule has 3 aromatic heterocycles. The lowest BCUT2D eigenvalue weighted by Gasteiger charge is -2.25. The first-order valence-electron chi connectivity index (χ1n) is 13.5. The number of aromatic nitrogens is 2. The Morgan fingerprint density at radius 2 is 1.88 bits per heavy atom. The van der Waals surface area contributed by atoms with E-state index in [9.17, 15) is 14.9 Å². The van der Waals surface area contributed by atoms with Crippen molar-refractivity contribution in [2.75, 3.05) is 7.11 Å². The predicted octanol–water partition coefficient (Wildman–Crippen LogP) is 5.15. The maximum absolute atomic E-state index is 14.1. The highest BCUT2D eigenvalue weighted by Gasteiger charge is 2.34. The van der Waals surface area contributed by atoms with Crippen LogP contribution in [0, 0.1) is 39.0 Å². The van der Waals surface area contributed by atoms with E-state index < -0.39 is 12.0 Å². The summed E-state index contributed by atoms with van der Waals surface area (Å²) in [5.41, 5.74) is 5.72. The molecule has 0 radical (unpaired) electrons. The second kappa shape index (κ2) is 11.2. The third-order valence-electron chi connectivity index (χ3n) is 7.43. The topological polar surface area (TPSA) is 98.6 Å². The van der Waals surface area contributed by atoms with Crippen LogP contribution in [0.4, 0.5) is 0 Å². The molecule has 10 heteroatoms. The number of ether oxygens (including phenoxy) is 2. The fourth-order valence-corrected chi connectivity index (χ4v) is 7.53. The molecule has 0 amide bonds. The Kier molecular flexibility index (Phi) is 7.84. The highest BCUT2D eigenvalue weighted by atomic mass is 32.1. The number of esters is 1. The van der Waals surface area contributed by atoms with Crippen LogP contribution in [0.25, 0.3) is 11.1 Å². The molecular formula is C32H32N4O4S2. The van der Waals surface area contributed by atoms with Gasteiger partial charge in [0.25, 0.3) is 5.56 Å². The average Bonchev–Trinajstić information content (AvgIpc) is 3.51. The van der Waals surface area contributed by atoms with Gasteiger partial charge in [-0.25, -0.2) is 9.79 Å². The number of aryl methyl sites for hydroxylation is 2. The first-order chi connectivity index (χ1) is 20.0. The summed E-state index contributed by atoms with van der Waals surface area (Å²) in [7, 11) is 1.58. The van der Waals surface area contributed by atoms with E-state index in [-0.39, 0.29) is 11.7 Å². The molecule has 5 rings (SSSR count). The number of nitrogens with zero attached hydrogens (tertiary/aromatic N) is 4. The Hall–Kier alpha value is -4.20. The largest absolute Gasteiger partial charge is 0.497 e. The minimum absolute atomic E-state index is 0.251. The normalized spacial score (nSPS) is 15.0. The van der Waals surface area contributed by atoms with E-state index in [0.29, 0.717) is 31.9 Å². The van der Waals surface area contributed by atoms with Crippen molar-refractivity contribution in [3.8, 4) is 16.8 Å². The van der Waals surface area contributed by atoms with Crippen molar-refractivity contribution in [2.24, 2.45) is 4.99 Å². The first kappa shape index (κ1) is 29.3. The van der Waals surface area contributed by atoms with E-state index in [1.807, 2.05) is 64.1 Å². The molecule has 216 valence electrons. The summed E-state index contributed by atoms with van der Waals surface area (Å²) in [6.45, 7) is 13.3. The number of carbonyl (C=O) groups is 1. The Labute approximate surface area is 252 Å². The molecule has 0 fully saturated rings. The monoisotopic (exact) mass is 600 g/mol. The van der Waals surface area contributed by atoms with Crippen LogP contribution in [-0.2, 0) is 9.53 Å². The van der Waals surface area contributed by atoms with Gasteiger partial charge in [0.2, 0.25) is 0 Å². The predicted molar refractivity (Wildman–Crippen MR) is 165 cm³/mol. The molecule has 1 aliphatic rings. The second-order valence-corrected chi connectivity index (χ2v) is 12.8. The van der Waals surface area contributed by atoms with Crippen molar-refractivity contribution in [3.63, 3.8) is 0 Å². The molecule has 1 atom stereocenters. The zero-order valence-electron chi connectivity index (χ0n) is 24.9. The van der Waals surface area contributed by atoms with Crippen molar-refractivity contribution < 1.29 is 14.3 Å².